The number of hydrogen-bond donors (Lipinski definition) is 0. The molecule has 0 aliphatic heterocycles. The number of esters is 2. The van der Waals surface area contributed by atoms with Crippen molar-refractivity contribution in [3.8, 4) is 11.4 Å². The van der Waals surface area contributed by atoms with Crippen LogP contribution in [-0.2, 0) is 9.47 Å². The molecule has 0 radical (unpaired) electrons. The summed E-state index contributed by atoms with van der Waals surface area (Å²) < 4.78 is 10.8. The minimum Gasteiger partial charge on any atom is -0.462 e. The highest BCUT2D eigenvalue weighted by Gasteiger charge is 2.11. The number of nitrogens with zero attached hydrogens (tertiary/aromatic N) is 2. The molecule has 0 saturated heterocycles. The summed E-state index contributed by atoms with van der Waals surface area (Å²) in [6.07, 6.45) is 22.3. The number of rotatable bonds is 21. The lowest BCUT2D eigenvalue weighted by atomic mass is 10.1. The molecule has 210 valence electrons. The van der Waals surface area contributed by atoms with Crippen molar-refractivity contribution in [2.75, 3.05) is 13.2 Å². The van der Waals surface area contributed by atoms with E-state index in [0.29, 0.717) is 35.7 Å². The molecule has 2 rings (SSSR count). The van der Waals surface area contributed by atoms with Crippen LogP contribution in [0.2, 0.25) is 0 Å². The van der Waals surface area contributed by atoms with Crippen molar-refractivity contribution in [1.29, 1.82) is 0 Å². The third-order valence-corrected chi connectivity index (χ3v) is 6.72. The van der Waals surface area contributed by atoms with Gasteiger partial charge in [-0.1, -0.05) is 104 Å². The number of carbonyl (C=O) groups is 2. The quantitative estimate of drug-likeness (QED) is 0.120. The summed E-state index contributed by atoms with van der Waals surface area (Å²) in [7, 11) is 0. The van der Waals surface area contributed by atoms with E-state index in [-0.39, 0.29) is 11.9 Å². The molecule has 0 atom stereocenters. The maximum absolute atomic E-state index is 12.3. The van der Waals surface area contributed by atoms with Crippen LogP contribution in [-0.4, -0.2) is 35.1 Å². The maximum atomic E-state index is 12.3. The first-order valence-electron chi connectivity index (χ1n) is 14.9. The maximum Gasteiger partial charge on any atom is 0.339 e. The van der Waals surface area contributed by atoms with Gasteiger partial charge in [-0.25, -0.2) is 9.59 Å². The van der Waals surface area contributed by atoms with Gasteiger partial charge in [-0.15, -0.1) is 0 Å². The zero-order valence-electron chi connectivity index (χ0n) is 23.7. The lowest BCUT2D eigenvalue weighted by Crippen LogP contribution is -2.08. The van der Waals surface area contributed by atoms with E-state index in [1.165, 1.54) is 89.4 Å². The van der Waals surface area contributed by atoms with Crippen LogP contribution in [0.25, 0.3) is 11.4 Å². The Bertz CT molecular complexity index is 821. The van der Waals surface area contributed by atoms with E-state index in [1.54, 1.807) is 24.3 Å². The lowest BCUT2D eigenvalue weighted by molar-refractivity contribution is 0.0488. The fourth-order valence-corrected chi connectivity index (χ4v) is 4.30. The standard InChI is InChI=1S/C32H48N2O4/c1-3-5-7-9-11-13-15-17-23-37-31(35)27-19-21-29(33-25-27)30-22-20-28(26-34-30)32(36)38-24-18-16-14-12-10-8-6-4-2/h19-22,25-26H,3-18,23-24H2,1-2H3. The number of unbranched alkanes of at least 4 members (excludes halogenated alkanes) is 14. The molecule has 0 N–H and O–H groups in total. The highest BCUT2D eigenvalue weighted by atomic mass is 16.5. The SMILES string of the molecule is CCCCCCCCCCOC(=O)c1ccc(-c2ccc(C(=O)OCCCCCCCCCC)cn2)nc1. The van der Waals surface area contributed by atoms with E-state index in [9.17, 15) is 9.59 Å². The average molecular weight is 525 g/mol. The molecular weight excluding hydrogens is 476 g/mol. The summed E-state index contributed by atoms with van der Waals surface area (Å²) in [6, 6.07) is 6.89. The molecule has 0 fully saturated rings. The second-order valence-corrected chi connectivity index (χ2v) is 10.1. The Labute approximate surface area is 230 Å². The Kier molecular flexibility index (Phi) is 16.8. The predicted molar refractivity (Wildman–Crippen MR) is 153 cm³/mol. The van der Waals surface area contributed by atoms with Crippen molar-refractivity contribution in [2.45, 2.75) is 117 Å². The first-order chi connectivity index (χ1) is 18.7. The number of aromatic nitrogens is 2. The molecule has 0 bridgehead atoms. The van der Waals surface area contributed by atoms with E-state index in [4.69, 9.17) is 9.47 Å². The molecule has 0 unspecified atom stereocenters. The van der Waals surface area contributed by atoms with Gasteiger partial charge in [-0.2, -0.15) is 0 Å². The van der Waals surface area contributed by atoms with E-state index in [2.05, 4.69) is 23.8 Å². The van der Waals surface area contributed by atoms with Gasteiger partial charge in [0.05, 0.1) is 35.7 Å². The Balaban J connectivity index is 1.65. The largest absolute Gasteiger partial charge is 0.462 e. The van der Waals surface area contributed by atoms with Gasteiger partial charge in [-0.05, 0) is 37.1 Å². The molecule has 0 amide bonds. The van der Waals surface area contributed by atoms with Crippen molar-refractivity contribution < 1.29 is 19.1 Å². The van der Waals surface area contributed by atoms with Crippen molar-refractivity contribution in [2.24, 2.45) is 0 Å². The molecule has 2 aromatic rings. The van der Waals surface area contributed by atoms with Crippen LogP contribution in [0.1, 0.15) is 137 Å². The first-order valence-corrected chi connectivity index (χ1v) is 14.9. The number of carbonyl (C=O) groups excluding carboxylic acids is 2. The zero-order chi connectivity index (χ0) is 27.3. The van der Waals surface area contributed by atoms with Gasteiger partial charge in [0.15, 0.2) is 0 Å². The summed E-state index contributed by atoms with van der Waals surface area (Å²) in [4.78, 5) is 33.3. The summed E-state index contributed by atoms with van der Waals surface area (Å²) in [5.41, 5.74) is 2.11. The predicted octanol–water partition coefficient (Wildman–Crippen LogP) is 8.74. The lowest BCUT2D eigenvalue weighted by Gasteiger charge is -2.07. The third-order valence-electron chi connectivity index (χ3n) is 6.72. The van der Waals surface area contributed by atoms with Gasteiger partial charge in [0.25, 0.3) is 0 Å². The molecule has 0 aliphatic carbocycles. The van der Waals surface area contributed by atoms with Crippen LogP contribution in [0.5, 0.6) is 0 Å². The van der Waals surface area contributed by atoms with Crippen LogP contribution in [0.15, 0.2) is 36.7 Å². The van der Waals surface area contributed by atoms with Gasteiger partial charge < -0.3 is 9.47 Å². The fourth-order valence-electron chi connectivity index (χ4n) is 4.30. The topological polar surface area (TPSA) is 78.4 Å². The summed E-state index contributed by atoms with van der Waals surface area (Å²) in [5.74, 6) is -0.705. The highest BCUT2D eigenvalue weighted by Crippen LogP contribution is 2.16. The monoisotopic (exact) mass is 524 g/mol. The average Bonchev–Trinajstić information content (AvgIpc) is 2.95. The Hall–Kier alpha value is -2.76. The number of hydrogen-bond acceptors (Lipinski definition) is 6. The molecule has 38 heavy (non-hydrogen) atoms. The normalized spacial score (nSPS) is 10.9. The van der Waals surface area contributed by atoms with E-state index in [1.807, 2.05) is 0 Å². The molecule has 2 heterocycles. The second kappa shape index (κ2) is 20.2. The molecule has 6 heteroatoms. The van der Waals surface area contributed by atoms with Crippen LogP contribution in [0.4, 0.5) is 0 Å². The van der Waals surface area contributed by atoms with E-state index in [0.717, 1.165) is 25.7 Å². The van der Waals surface area contributed by atoms with Crippen LogP contribution >= 0.6 is 0 Å². The zero-order valence-corrected chi connectivity index (χ0v) is 23.7. The molecule has 0 saturated carbocycles. The Morgan fingerprint density at radius 3 is 1.18 bits per heavy atom. The smallest absolute Gasteiger partial charge is 0.339 e. The van der Waals surface area contributed by atoms with Crippen molar-refractivity contribution in [1.82, 2.24) is 9.97 Å². The molecular formula is C32H48N2O4. The Morgan fingerprint density at radius 2 is 0.868 bits per heavy atom. The molecule has 0 spiro atoms. The minimum atomic E-state index is -0.352. The summed E-state index contributed by atoms with van der Waals surface area (Å²) >= 11 is 0. The van der Waals surface area contributed by atoms with Crippen LogP contribution in [0, 0.1) is 0 Å². The summed E-state index contributed by atoms with van der Waals surface area (Å²) in [6.45, 7) is 5.33. The minimum absolute atomic E-state index is 0.352. The van der Waals surface area contributed by atoms with E-state index < -0.39 is 0 Å². The van der Waals surface area contributed by atoms with Crippen molar-refractivity contribution in [3.05, 3.63) is 47.8 Å². The van der Waals surface area contributed by atoms with Crippen molar-refractivity contribution >= 4 is 11.9 Å². The number of pyridine rings is 2. The number of ether oxygens (including phenoxy) is 2. The van der Waals surface area contributed by atoms with Crippen LogP contribution < -0.4 is 0 Å². The molecule has 0 aromatic carbocycles. The van der Waals surface area contributed by atoms with Gasteiger partial charge in [0.1, 0.15) is 0 Å². The van der Waals surface area contributed by atoms with Crippen molar-refractivity contribution in [3.63, 3.8) is 0 Å². The van der Waals surface area contributed by atoms with Gasteiger partial charge in [0, 0.05) is 12.4 Å². The van der Waals surface area contributed by atoms with Gasteiger partial charge in [-0.3, -0.25) is 9.97 Å². The molecule has 6 nitrogen and oxygen atoms in total. The van der Waals surface area contributed by atoms with E-state index >= 15 is 0 Å². The third kappa shape index (κ3) is 13.2. The summed E-state index contributed by atoms with van der Waals surface area (Å²) in [5, 5.41) is 0. The van der Waals surface area contributed by atoms with Gasteiger partial charge in [0.2, 0.25) is 0 Å². The fraction of sp³-hybridized carbons (Fsp3) is 0.625. The Morgan fingerprint density at radius 1 is 0.526 bits per heavy atom. The highest BCUT2D eigenvalue weighted by molar-refractivity contribution is 5.90. The van der Waals surface area contributed by atoms with Gasteiger partial charge >= 0.3 is 11.9 Å². The van der Waals surface area contributed by atoms with Crippen LogP contribution in [0.3, 0.4) is 0 Å². The molecule has 0 aliphatic rings. The molecule has 2 aromatic heterocycles. The first kappa shape index (κ1) is 31.5. The second-order valence-electron chi connectivity index (χ2n) is 10.1.